The highest BCUT2D eigenvalue weighted by atomic mass is 127. The van der Waals surface area contributed by atoms with Crippen molar-refractivity contribution in [1.82, 2.24) is 0 Å². The first kappa shape index (κ1) is 20.9. The Hall–Kier alpha value is 0.860. The van der Waals surface area contributed by atoms with Crippen molar-refractivity contribution >= 4 is 34.2 Å². The van der Waals surface area contributed by atoms with Crippen LogP contribution in [0, 0.1) is 0 Å². The highest BCUT2D eigenvalue weighted by Gasteiger charge is 1.93. The van der Waals surface area contributed by atoms with E-state index in [9.17, 15) is 0 Å². The van der Waals surface area contributed by atoms with Gasteiger partial charge in [0.05, 0.1) is 46.2 Å². The fourth-order valence-electron chi connectivity index (χ4n) is 1.47. The second-order valence-electron chi connectivity index (χ2n) is 4.24. The van der Waals surface area contributed by atoms with Crippen molar-refractivity contribution in [2.24, 2.45) is 0 Å². The van der Waals surface area contributed by atoms with E-state index in [0.29, 0.717) is 52.1 Å². The molecule has 0 fully saturated rings. The number of halogens is 2. The lowest BCUT2D eigenvalue weighted by molar-refractivity contribution is -0.000652. The molecule has 0 amide bonds. The number of hydrogen-bond acceptors (Lipinski definition) is 4. The molecule has 6 heteroatoms. The van der Waals surface area contributed by atoms with Gasteiger partial charge >= 0.3 is 0 Å². The summed E-state index contributed by atoms with van der Waals surface area (Å²) in [6.07, 6.45) is 5.06. The largest absolute Gasteiger partial charge is 0.379 e. The normalized spacial score (nSPS) is 11.1. The fraction of sp³-hybridized carbons (Fsp3) is 1.00. The molecular weight excluding hydrogens is 395 g/mol. The maximum Gasteiger partial charge on any atom is 0.0701 e. The van der Waals surface area contributed by atoms with Gasteiger partial charge in [0, 0.05) is 12.5 Å². The predicted molar refractivity (Wildman–Crippen MR) is 91.4 cm³/mol. The third-order valence-corrected chi connectivity index (χ3v) is 3.43. The number of unbranched alkanes of at least 4 members (excludes halogenated alkanes) is 3. The molecule has 122 valence electrons. The van der Waals surface area contributed by atoms with Crippen molar-refractivity contribution in [3.8, 4) is 0 Å². The molecule has 0 N–H and O–H groups in total. The van der Waals surface area contributed by atoms with Gasteiger partial charge in [0.25, 0.3) is 0 Å². The molecule has 20 heavy (non-hydrogen) atoms. The molecule has 0 bridgehead atoms. The van der Waals surface area contributed by atoms with E-state index in [-0.39, 0.29) is 0 Å². The van der Waals surface area contributed by atoms with Crippen molar-refractivity contribution in [3.05, 3.63) is 0 Å². The Bertz CT molecular complexity index is 157. The third kappa shape index (κ3) is 18.9. The van der Waals surface area contributed by atoms with Crippen LogP contribution in [0.2, 0.25) is 0 Å². The molecule has 0 aliphatic rings. The zero-order chi connectivity index (χ0) is 14.7. The summed E-state index contributed by atoms with van der Waals surface area (Å²) in [4.78, 5) is 0. The monoisotopic (exact) mass is 422 g/mol. The summed E-state index contributed by atoms with van der Waals surface area (Å²) in [5, 5.41) is 0. The molecule has 0 aliphatic heterocycles. The molecule has 0 aromatic rings. The van der Waals surface area contributed by atoms with Gasteiger partial charge < -0.3 is 18.9 Å². The van der Waals surface area contributed by atoms with Gasteiger partial charge in [0.1, 0.15) is 0 Å². The molecule has 0 atom stereocenters. The zero-order valence-electron chi connectivity index (χ0n) is 12.3. The van der Waals surface area contributed by atoms with E-state index < -0.39 is 0 Å². The molecule has 0 spiro atoms. The Morgan fingerprint density at radius 3 is 1.50 bits per heavy atom. The van der Waals surface area contributed by atoms with Crippen molar-refractivity contribution in [3.63, 3.8) is 0 Å². The summed E-state index contributed by atoms with van der Waals surface area (Å²) in [6.45, 7) is 5.12. The quantitative estimate of drug-likeness (QED) is 0.205. The summed E-state index contributed by atoms with van der Waals surface area (Å²) in [5.41, 5.74) is 0. The SMILES string of the molecule is ClCCOCCOCCOCCOCCCCCCI. The molecule has 0 saturated heterocycles. The lowest BCUT2D eigenvalue weighted by Crippen LogP contribution is -2.12. The van der Waals surface area contributed by atoms with Crippen LogP contribution in [0.3, 0.4) is 0 Å². The highest BCUT2D eigenvalue weighted by molar-refractivity contribution is 14.1. The predicted octanol–water partition coefficient (Wildman–Crippen LogP) is 3.29. The average molecular weight is 423 g/mol. The maximum absolute atomic E-state index is 5.49. The molecule has 4 nitrogen and oxygen atoms in total. The lowest BCUT2D eigenvalue weighted by atomic mass is 10.2. The van der Waals surface area contributed by atoms with Crippen LogP contribution in [0.4, 0.5) is 0 Å². The first-order valence-corrected chi connectivity index (χ1v) is 9.40. The Balaban J connectivity index is 2.89. The van der Waals surface area contributed by atoms with Gasteiger partial charge in [-0.3, -0.25) is 0 Å². The Labute approximate surface area is 142 Å². The summed E-state index contributed by atoms with van der Waals surface area (Å²) in [6, 6.07) is 0. The average Bonchev–Trinajstić information content (AvgIpc) is 2.47. The van der Waals surface area contributed by atoms with Crippen LogP contribution in [0.5, 0.6) is 0 Å². The van der Waals surface area contributed by atoms with E-state index in [2.05, 4.69) is 22.6 Å². The van der Waals surface area contributed by atoms with Crippen LogP contribution in [0.15, 0.2) is 0 Å². The number of rotatable bonds is 17. The van der Waals surface area contributed by atoms with E-state index >= 15 is 0 Å². The second kappa shape index (κ2) is 19.9. The Morgan fingerprint density at radius 2 is 1.00 bits per heavy atom. The van der Waals surface area contributed by atoms with Crippen molar-refractivity contribution in [2.45, 2.75) is 25.7 Å². The first-order chi connectivity index (χ1) is 9.91. The van der Waals surface area contributed by atoms with E-state index in [4.69, 9.17) is 30.5 Å². The van der Waals surface area contributed by atoms with E-state index in [0.717, 1.165) is 13.0 Å². The van der Waals surface area contributed by atoms with Gasteiger partial charge in [-0.2, -0.15) is 0 Å². The van der Waals surface area contributed by atoms with Gasteiger partial charge in [-0.05, 0) is 17.3 Å². The van der Waals surface area contributed by atoms with E-state index in [1.165, 1.54) is 23.7 Å². The summed E-state index contributed by atoms with van der Waals surface area (Å²) >= 11 is 7.89. The standard InChI is InChI=1S/C14H28ClIO4/c15-5-8-18-10-12-20-14-13-19-11-9-17-7-4-2-1-3-6-16/h1-14H2. The zero-order valence-corrected chi connectivity index (χ0v) is 15.2. The molecule has 0 aromatic heterocycles. The fourth-order valence-corrected chi connectivity index (χ4v) is 2.12. The van der Waals surface area contributed by atoms with Crippen molar-refractivity contribution in [2.75, 3.05) is 63.2 Å². The summed E-state index contributed by atoms with van der Waals surface area (Å²) < 4.78 is 22.6. The minimum absolute atomic E-state index is 0.529. The number of hydrogen-bond donors (Lipinski definition) is 0. The molecule has 0 unspecified atom stereocenters. The van der Waals surface area contributed by atoms with E-state index in [1.54, 1.807) is 0 Å². The maximum atomic E-state index is 5.49. The molecular formula is C14H28ClIO4. The number of alkyl halides is 2. The second-order valence-corrected chi connectivity index (χ2v) is 5.70. The van der Waals surface area contributed by atoms with Crippen molar-refractivity contribution in [1.29, 1.82) is 0 Å². The minimum Gasteiger partial charge on any atom is -0.379 e. The summed E-state index contributed by atoms with van der Waals surface area (Å²) in [7, 11) is 0. The van der Waals surface area contributed by atoms with Gasteiger partial charge in [0.15, 0.2) is 0 Å². The van der Waals surface area contributed by atoms with Crippen LogP contribution >= 0.6 is 34.2 Å². The minimum atomic E-state index is 0.529. The van der Waals surface area contributed by atoms with Crippen molar-refractivity contribution < 1.29 is 18.9 Å². The Kier molecular flexibility index (Phi) is 20.7. The van der Waals surface area contributed by atoms with Crippen LogP contribution < -0.4 is 0 Å². The smallest absolute Gasteiger partial charge is 0.0701 e. The van der Waals surface area contributed by atoms with E-state index in [1.807, 2.05) is 0 Å². The van der Waals surface area contributed by atoms with Gasteiger partial charge in [-0.25, -0.2) is 0 Å². The van der Waals surface area contributed by atoms with Crippen LogP contribution in [0.25, 0.3) is 0 Å². The van der Waals surface area contributed by atoms with Gasteiger partial charge in [0.2, 0.25) is 0 Å². The first-order valence-electron chi connectivity index (χ1n) is 7.34. The topological polar surface area (TPSA) is 36.9 Å². The van der Waals surface area contributed by atoms with Gasteiger partial charge in [-0.1, -0.05) is 35.4 Å². The molecule has 0 aliphatic carbocycles. The molecule has 0 saturated carbocycles. The summed E-state index contributed by atoms with van der Waals surface area (Å²) in [5.74, 6) is 0.529. The third-order valence-electron chi connectivity index (χ3n) is 2.51. The highest BCUT2D eigenvalue weighted by Crippen LogP contribution is 2.02. The van der Waals surface area contributed by atoms with Crippen LogP contribution in [-0.2, 0) is 18.9 Å². The molecule has 0 rings (SSSR count). The van der Waals surface area contributed by atoms with Crippen LogP contribution in [0.1, 0.15) is 25.7 Å². The molecule has 0 aromatic carbocycles. The molecule has 0 radical (unpaired) electrons. The Morgan fingerprint density at radius 1 is 0.550 bits per heavy atom. The lowest BCUT2D eigenvalue weighted by Gasteiger charge is -2.07. The van der Waals surface area contributed by atoms with Gasteiger partial charge in [-0.15, -0.1) is 11.6 Å². The van der Waals surface area contributed by atoms with Crippen LogP contribution in [-0.4, -0.2) is 63.2 Å². The molecule has 0 heterocycles. The number of ether oxygens (including phenoxy) is 4.